The van der Waals surface area contributed by atoms with Crippen molar-refractivity contribution < 1.29 is 4.79 Å². The Morgan fingerprint density at radius 3 is 2.86 bits per heavy atom. The molecule has 22 heavy (non-hydrogen) atoms. The Bertz CT molecular complexity index is 698. The summed E-state index contributed by atoms with van der Waals surface area (Å²) >= 11 is 5.15. The quantitative estimate of drug-likeness (QED) is 0.853. The fourth-order valence-corrected chi connectivity index (χ4v) is 3.03. The number of aromatic nitrogens is 1. The molecule has 1 fully saturated rings. The number of nitrogens with one attached hydrogen (secondary N) is 2. The summed E-state index contributed by atoms with van der Waals surface area (Å²) in [6, 6.07) is 14.1. The number of hydrogen-bond acceptors (Lipinski definition) is 3. The van der Waals surface area contributed by atoms with Crippen LogP contribution in [0.1, 0.15) is 22.3 Å². The van der Waals surface area contributed by atoms with Crippen molar-refractivity contribution in [2.75, 3.05) is 13.1 Å². The fourth-order valence-electron chi connectivity index (χ4n) is 2.80. The minimum absolute atomic E-state index is 0.0894. The Kier molecular flexibility index (Phi) is 4.65. The third-order valence-electron chi connectivity index (χ3n) is 3.92. The first-order valence-corrected chi connectivity index (χ1v) is 7.88. The number of H-pyrrole nitrogens is 1. The Morgan fingerprint density at radius 1 is 1.27 bits per heavy atom. The van der Waals surface area contributed by atoms with E-state index < -0.39 is 0 Å². The normalized spacial score (nSPS) is 18.3. The van der Waals surface area contributed by atoms with E-state index in [-0.39, 0.29) is 11.9 Å². The van der Waals surface area contributed by atoms with E-state index in [1.54, 1.807) is 18.3 Å². The lowest BCUT2D eigenvalue weighted by Crippen LogP contribution is -2.37. The Labute approximate surface area is 135 Å². The molecule has 1 aromatic heterocycles. The molecule has 0 saturated carbocycles. The van der Waals surface area contributed by atoms with Crippen LogP contribution in [-0.2, 0) is 6.54 Å². The molecule has 2 N–H and O–H groups in total. The number of carbonyl (C=O) groups is 1. The van der Waals surface area contributed by atoms with Crippen LogP contribution in [0, 0.1) is 4.64 Å². The molecule has 114 valence electrons. The van der Waals surface area contributed by atoms with Gasteiger partial charge in [0.15, 0.2) is 0 Å². The number of amides is 1. The van der Waals surface area contributed by atoms with Crippen molar-refractivity contribution in [1.82, 2.24) is 15.2 Å². The van der Waals surface area contributed by atoms with Crippen LogP contribution in [0.2, 0.25) is 0 Å². The van der Waals surface area contributed by atoms with Crippen LogP contribution in [-0.4, -0.2) is 34.9 Å². The Morgan fingerprint density at radius 2 is 2.09 bits per heavy atom. The number of aromatic amines is 1. The third kappa shape index (κ3) is 3.61. The van der Waals surface area contributed by atoms with Gasteiger partial charge >= 0.3 is 0 Å². The summed E-state index contributed by atoms with van der Waals surface area (Å²) in [5.74, 6) is -0.0894. The highest BCUT2D eigenvalue weighted by Gasteiger charge is 2.24. The van der Waals surface area contributed by atoms with Gasteiger partial charge in [-0.25, -0.2) is 0 Å². The number of hydrogen-bond donors (Lipinski definition) is 2. The maximum Gasteiger partial charge on any atom is 0.254 e. The molecule has 1 amide bonds. The molecular weight excluding hydrogens is 294 g/mol. The molecule has 1 saturated heterocycles. The minimum atomic E-state index is -0.0894. The van der Waals surface area contributed by atoms with E-state index in [0.29, 0.717) is 10.2 Å². The van der Waals surface area contributed by atoms with Crippen molar-refractivity contribution in [2.45, 2.75) is 19.0 Å². The molecule has 0 aliphatic carbocycles. The van der Waals surface area contributed by atoms with Gasteiger partial charge in [-0.15, -0.1) is 0 Å². The van der Waals surface area contributed by atoms with Crippen molar-refractivity contribution in [3.8, 4) is 0 Å². The summed E-state index contributed by atoms with van der Waals surface area (Å²) in [7, 11) is 0. The lowest BCUT2D eigenvalue weighted by Gasteiger charge is -2.16. The second-order valence-corrected chi connectivity index (χ2v) is 6.00. The smallest absolute Gasteiger partial charge is 0.254 e. The Balaban J connectivity index is 1.56. The van der Waals surface area contributed by atoms with Crippen molar-refractivity contribution in [2.24, 2.45) is 0 Å². The van der Waals surface area contributed by atoms with E-state index in [1.807, 2.05) is 6.07 Å². The van der Waals surface area contributed by atoms with E-state index in [4.69, 9.17) is 12.2 Å². The van der Waals surface area contributed by atoms with Crippen LogP contribution in [0.4, 0.5) is 0 Å². The highest BCUT2D eigenvalue weighted by molar-refractivity contribution is 7.71. The number of nitrogens with zero attached hydrogens (tertiary/aromatic N) is 1. The molecule has 1 atom stereocenters. The van der Waals surface area contributed by atoms with Gasteiger partial charge in [-0.3, -0.25) is 9.69 Å². The second-order valence-electron chi connectivity index (χ2n) is 5.59. The molecular formula is C17H19N3OS. The summed E-state index contributed by atoms with van der Waals surface area (Å²) in [4.78, 5) is 17.5. The molecule has 0 bridgehead atoms. The number of benzene rings is 1. The molecule has 3 rings (SSSR count). The van der Waals surface area contributed by atoms with E-state index in [1.165, 1.54) is 5.56 Å². The van der Waals surface area contributed by atoms with Gasteiger partial charge in [-0.1, -0.05) is 42.5 Å². The average Bonchev–Trinajstić information content (AvgIpc) is 2.95. The van der Waals surface area contributed by atoms with Crippen molar-refractivity contribution in [1.29, 1.82) is 0 Å². The highest BCUT2D eigenvalue weighted by Crippen LogP contribution is 2.14. The molecule has 1 aliphatic heterocycles. The van der Waals surface area contributed by atoms with Gasteiger partial charge in [0.25, 0.3) is 5.91 Å². The highest BCUT2D eigenvalue weighted by atomic mass is 32.1. The van der Waals surface area contributed by atoms with Crippen molar-refractivity contribution >= 4 is 18.1 Å². The van der Waals surface area contributed by atoms with E-state index in [9.17, 15) is 4.79 Å². The van der Waals surface area contributed by atoms with Gasteiger partial charge in [-0.2, -0.15) is 0 Å². The van der Waals surface area contributed by atoms with Gasteiger partial charge in [0.2, 0.25) is 0 Å². The fraction of sp³-hybridized carbons (Fsp3) is 0.294. The van der Waals surface area contributed by atoms with E-state index in [0.717, 1.165) is 26.1 Å². The molecule has 4 nitrogen and oxygen atoms in total. The zero-order chi connectivity index (χ0) is 15.4. The monoisotopic (exact) mass is 313 g/mol. The average molecular weight is 313 g/mol. The predicted octanol–water partition coefficient (Wildman–Crippen LogP) is 2.75. The molecule has 0 unspecified atom stereocenters. The van der Waals surface area contributed by atoms with Crippen LogP contribution in [0.3, 0.4) is 0 Å². The molecule has 0 radical (unpaired) electrons. The van der Waals surface area contributed by atoms with E-state index >= 15 is 0 Å². The third-order valence-corrected chi connectivity index (χ3v) is 4.26. The Hall–Kier alpha value is -1.98. The van der Waals surface area contributed by atoms with Crippen molar-refractivity contribution in [3.05, 3.63) is 64.4 Å². The molecule has 1 aliphatic rings. The molecule has 5 heteroatoms. The molecule has 2 heterocycles. The summed E-state index contributed by atoms with van der Waals surface area (Å²) in [5, 5.41) is 3.08. The maximum absolute atomic E-state index is 12.3. The van der Waals surface area contributed by atoms with Gasteiger partial charge in [-0.05, 0) is 24.1 Å². The first-order chi connectivity index (χ1) is 10.7. The topological polar surface area (TPSA) is 48.1 Å². The number of pyridine rings is 1. The van der Waals surface area contributed by atoms with Gasteiger partial charge in [0, 0.05) is 31.9 Å². The predicted molar refractivity (Wildman–Crippen MR) is 89.2 cm³/mol. The summed E-state index contributed by atoms with van der Waals surface area (Å²) in [6.45, 7) is 2.81. The first-order valence-electron chi connectivity index (χ1n) is 7.47. The lowest BCUT2D eigenvalue weighted by molar-refractivity contribution is 0.0937. The molecule has 2 aromatic rings. The van der Waals surface area contributed by atoms with Gasteiger partial charge in [0.1, 0.15) is 4.64 Å². The van der Waals surface area contributed by atoms with Gasteiger partial charge < -0.3 is 10.3 Å². The lowest BCUT2D eigenvalue weighted by atomic mass is 10.2. The van der Waals surface area contributed by atoms with E-state index in [2.05, 4.69) is 39.5 Å². The summed E-state index contributed by atoms with van der Waals surface area (Å²) in [5.41, 5.74) is 1.85. The maximum atomic E-state index is 12.3. The number of rotatable bonds is 4. The van der Waals surface area contributed by atoms with Gasteiger partial charge in [0.05, 0.1) is 5.56 Å². The van der Waals surface area contributed by atoms with Crippen molar-refractivity contribution in [3.63, 3.8) is 0 Å². The standard InChI is InChI=1S/C17H19N3OS/c21-16(15-7-4-9-18-17(15)22)19-14-8-10-20(12-14)11-13-5-2-1-3-6-13/h1-7,9,14H,8,10-12H2,(H,18,22)(H,19,21)/t14-/m0/s1. The van der Waals surface area contributed by atoms with Crippen LogP contribution < -0.4 is 5.32 Å². The molecule has 1 aromatic carbocycles. The van der Waals surface area contributed by atoms with Crippen LogP contribution in [0.15, 0.2) is 48.7 Å². The summed E-state index contributed by atoms with van der Waals surface area (Å²) in [6.07, 6.45) is 2.71. The minimum Gasteiger partial charge on any atom is -0.352 e. The molecule has 0 spiro atoms. The second kappa shape index (κ2) is 6.85. The van der Waals surface area contributed by atoms with Crippen LogP contribution >= 0.6 is 12.2 Å². The zero-order valence-electron chi connectivity index (χ0n) is 12.3. The first kappa shape index (κ1) is 14.9. The van der Waals surface area contributed by atoms with Crippen LogP contribution in [0.5, 0.6) is 0 Å². The largest absolute Gasteiger partial charge is 0.352 e. The number of carbonyl (C=O) groups excluding carboxylic acids is 1. The SMILES string of the molecule is O=C(N[C@H]1CCN(Cc2ccccc2)C1)c1ccc[nH]c1=S. The summed E-state index contributed by atoms with van der Waals surface area (Å²) < 4.78 is 0.485. The zero-order valence-corrected chi connectivity index (χ0v) is 13.1. The van der Waals surface area contributed by atoms with Crippen LogP contribution in [0.25, 0.3) is 0 Å². The number of likely N-dealkylation sites (tertiary alicyclic amines) is 1.